The number of anilines is 1. The van der Waals surface area contributed by atoms with Crippen LogP contribution < -0.4 is 10.2 Å². The fraction of sp³-hybridized carbons (Fsp3) is 0.619. The van der Waals surface area contributed by atoms with Crippen LogP contribution in [0, 0.1) is 5.92 Å². The summed E-state index contributed by atoms with van der Waals surface area (Å²) in [6.07, 6.45) is 14.0. The number of fused-ring (bicyclic) bond motifs is 1. The van der Waals surface area contributed by atoms with E-state index < -0.39 is 0 Å². The van der Waals surface area contributed by atoms with Crippen molar-refractivity contribution >= 4 is 16.7 Å². The zero-order chi connectivity index (χ0) is 17.1. The van der Waals surface area contributed by atoms with Crippen molar-refractivity contribution in [2.24, 2.45) is 5.92 Å². The van der Waals surface area contributed by atoms with Crippen molar-refractivity contribution in [2.75, 3.05) is 25.0 Å². The minimum Gasteiger partial charge on any atom is -0.371 e. The minimum absolute atomic E-state index is 0.715. The molecule has 2 aliphatic rings. The average Bonchev–Trinajstić information content (AvgIpc) is 2.69. The maximum Gasteiger partial charge on any atom is 0.0920 e. The summed E-state index contributed by atoms with van der Waals surface area (Å²) in [5.74, 6) is 0.784. The van der Waals surface area contributed by atoms with Gasteiger partial charge in [-0.15, -0.1) is 0 Å². The van der Waals surface area contributed by atoms with Gasteiger partial charge in [-0.05, 0) is 82.0 Å². The monoisotopic (exact) mass is 338 g/mol. The molecule has 0 amide bonds. The standard InChI is InChI=1S/C21H30N4/c1-22-18-7-5-16(6-8-18)13-17-14-19(25-11-3-2-4-12-25)15-20-21(17)24-10-9-23-20/h9-10,14-16,18,22H,2-8,11-13H2,1H3/t16-,18+. The number of hydrogen-bond acceptors (Lipinski definition) is 4. The Hall–Kier alpha value is -1.68. The summed E-state index contributed by atoms with van der Waals surface area (Å²) in [6, 6.07) is 5.37. The van der Waals surface area contributed by atoms with Crippen LogP contribution >= 0.6 is 0 Å². The molecule has 4 heteroatoms. The Balaban J connectivity index is 1.60. The molecule has 2 fully saturated rings. The molecule has 0 unspecified atom stereocenters. The third-order valence-electron chi connectivity index (χ3n) is 6.12. The number of piperidine rings is 1. The zero-order valence-corrected chi connectivity index (χ0v) is 15.4. The maximum absolute atomic E-state index is 4.67. The highest BCUT2D eigenvalue weighted by Crippen LogP contribution is 2.32. The largest absolute Gasteiger partial charge is 0.371 e. The van der Waals surface area contributed by atoms with Gasteiger partial charge in [0.15, 0.2) is 0 Å². The highest BCUT2D eigenvalue weighted by molar-refractivity contribution is 5.82. The second-order valence-corrected chi connectivity index (χ2v) is 7.79. The molecular weight excluding hydrogens is 308 g/mol. The number of nitrogens with zero attached hydrogens (tertiary/aromatic N) is 3. The summed E-state index contributed by atoms with van der Waals surface area (Å²) in [5, 5.41) is 3.44. The quantitative estimate of drug-likeness (QED) is 0.917. The molecule has 1 saturated heterocycles. The Bertz CT molecular complexity index is 700. The van der Waals surface area contributed by atoms with Gasteiger partial charge in [-0.25, -0.2) is 0 Å². The molecule has 2 heterocycles. The highest BCUT2D eigenvalue weighted by atomic mass is 15.1. The third kappa shape index (κ3) is 3.79. The lowest BCUT2D eigenvalue weighted by Crippen LogP contribution is -2.31. The van der Waals surface area contributed by atoms with E-state index in [-0.39, 0.29) is 0 Å². The Kier molecular flexibility index (Phi) is 5.16. The van der Waals surface area contributed by atoms with E-state index in [0.29, 0.717) is 6.04 Å². The fourth-order valence-corrected chi connectivity index (χ4v) is 4.59. The lowest BCUT2D eigenvalue weighted by Gasteiger charge is -2.31. The first-order valence-electron chi connectivity index (χ1n) is 9.99. The summed E-state index contributed by atoms with van der Waals surface area (Å²) in [6.45, 7) is 2.36. The van der Waals surface area contributed by atoms with Gasteiger partial charge in [0.2, 0.25) is 0 Å². The van der Waals surface area contributed by atoms with Crippen molar-refractivity contribution in [2.45, 2.75) is 57.4 Å². The molecule has 134 valence electrons. The molecule has 1 saturated carbocycles. The van der Waals surface area contributed by atoms with Crippen molar-refractivity contribution in [3.63, 3.8) is 0 Å². The molecule has 1 N–H and O–H groups in total. The summed E-state index contributed by atoms with van der Waals surface area (Å²) >= 11 is 0. The van der Waals surface area contributed by atoms with Gasteiger partial charge in [-0.3, -0.25) is 9.97 Å². The number of rotatable bonds is 4. The normalized spacial score (nSPS) is 24.6. The van der Waals surface area contributed by atoms with Crippen LogP contribution in [-0.2, 0) is 6.42 Å². The van der Waals surface area contributed by atoms with Gasteiger partial charge in [-0.2, -0.15) is 0 Å². The summed E-state index contributed by atoms with van der Waals surface area (Å²) in [5.41, 5.74) is 4.93. The second kappa shape index (κ2) is 7.69. The molecule has 1 aromatic carbocycles. The predicted molar refractivity (Wildman–Crippen MR) is 104 cm³/mol. The van der Waals surface area contributed by atoms with E-state index in [1.165, 1.54) is 69.3 Å². The molecular formula is C21H30N4. The first-order valence-corrected chi connectivity index (χ1v) is 9.99. The smallest absolute Gasteiger partial charge is 0.0920 e. The molecule has 0 spiro atoms. The van der Waals surface area contributed by atoms with E-state index in [2.05, 4.69) is 39.4 Å². The SMILES string of the molecule is CN[C@H]1CC[C@@H](Cc2cc(N3CCCCC3)cc3nccnc23)CC1. The van der Waals surface area contributed by atoms with E-state index in [0.717, 1.165) is 23.4 Å². The van der Waals surface area contributed by atoms with Crippen molar-refractivity contribution < 1.29 is 0 Å². The lowest BCUT2D eigenvalue weighted by molar-refractivity contribution is 0.301. The van der Waals surface area contributed by atoms with Crippen LogP contribution in [0.15, 0.2) is 24.5 Å². The average molecular weight is 338 g/mol. The van der Waals surface area contributed by atoms with E-state index >= 15 is 0 Å². The van der Waals surface area contributed by atoms with Crippen LogP contribution in [-0.4, -0.2) is 36.1 Å². The first-order chi connectivity index (χ1) is 12.3. The van der Waals surface area contributed by atoms with Crippen LogP contribution in [0.3, 0.4) is 0 Å². The van der Waals surface area contributed by atoms with Gasteiger partial charge in [0, 0.05) is 37.2 Å². The van der Waals surface area contributed by atoms with Gasteiger partial charge in [0.05, 0.1) is 11.0 Å². The molecule has 0 radical (unpaired) electrons. The molecule has 25 heavy (non-hydrogen) atoms. The lowest BCUT2D eigenvalue weighted by atomic mass is 9.82. The molecule has 2 aromatic rings. The van der Waals surface area contributed by atoms with Gasteiger partial charge < -0.3 is 10.2 Å². The van der Waals surface area contributed by atoms with Crippen LogP contribution in [0.5, 0.6) is 0 Å². The van der Waals surface area contributed by atoms with Gasteiger partial charge in [-0.1, -0.05) is 0 Å². The minimum atomic E-state index is 0.715. The van der Waals surface area contributed by atoms with Crippen LogP contribution in [0.1, 0.15) is 50.5 Å². The first kappa shape index (κ1) is 16.8. The van der Waals surface area contributed by atoms with Crippen molar-refractivity contribution in [1.29, 1.82) is 0 Å². The Morgan fingerprint density at radius 1 is 1.00 bits per heavy atom. The molecule has 0 atom stereocenters. The van der Waals surface area contributed by atoms with Crippen molar-refractivity contribution in [3.05, 3.63) is 30.1 Å². The fourth-order valence-electron chi connectivity index (χ4n) is 4.59. The summed E-state index contributed by atoms with van der Waals surface area (Å²) in [4.78, 5) is 11.8. The number of nitrogens with one attached hydrogen (secondary N) is 1. The predicted octanol–water partition coefficient (Wildman–Crippen LogP) is 3.94. The van der Waals surface area contributed by atoms with Crippen LogP contribution in [0.25, 0.3) is 11.0 Å². The van der Waals surface area contributed by atoms with Crippen LogP contribution in [0.4, 0.5) is 5.69 Å². The van der Waals surface area contributed by atoms with Gasteiger partial charge in [0.25, 0.3) is 0 Å². The molecule has 4 rings (SSSR count). The molecule has 1 aliphatic carbocycles. The molecule has 1 aromatic heterocycles. The van der Waals surface area contributed by atoms with E-state index in [1.54, 1.807) is 0 Å². The van der Waals surface area contributed by atoms with E-state index in [4.69, 9.17) is 0 Å². The molecule has 1 aliphatic heterocycles. The zero-order valence-electron chi connectivity index (χ0n) is 15.4. The number of benzene rings is 1. The van der Waals surface area contributed by atoms with Crippen molar-refractivity contribution in [1.82, 2.24) is 15.3 Å². The van der Waals surface area contributed by atoms with Crippen LogP contribution in [0.2, 0.25) is 0 Å². The summed E-state index contributed by atoms with van der Waals surface area (Å²) in [7, 11) is 2.09. The molecule has 4 nitrogen and oxygen atoms in total. The highest BCUT2D eigenvalue weighted by Gasteiger charge is 2.22. The molecule has 0 bridgehead atoms. The van der Waals surface area contributed by atoms with E-state index in [1.807, 2.05) is 12.4 Å². The second-order valence-electron chi connectivity index (χ2n) is 7.79. The Morgan fingerprint density at radius 3 is 2.52 bits per heavy atom. The number of hydrogen-bond donors (Lipinski definition) is 1. The van der Waals surface area contributed by atoms with E-state index in [9.17, 15) is 0 Å². The van der Waals surface area contributed by atoms with Crippen molar-refractivity contribution in [3.8, 4) is 0 Å². The summed E-state index contributed by atoms with van der Waals surface area (Å²) < 4.78 is 0. The maximum atomic E-state index is 4.67. The topological polar surface area (TPSA) is 41.0 Å². The Labute approximate surface area is 151 Å². The van der Waals surface area contributed by atoms with Gasteiger partial charge >= 0.3 is 0 Å². The third-order valence-corrected chi connectivity index (χ3v) is 6.12. The number of aromatic nitrogens is 2. The Morgan fingerprint density at radius 2 is 1.76 bits per heavy atom. The van der Waals surface area contributed by atoms with Gasteiger partial charge in [0.1, 0.15) is 0 Å².